The van der Waals surface area contributed by atoms with Gasteiger partial charge in [0.15, 0.2) is 11.5 Å². The van der Waals surface area contributed by atoms with E-state index < -0.39 is 5.41 Å². The molecular weight excluding hydrogens is 398 g/mol. The van der Waals surface area contributed by atoms with E-state index >= 15 is 0 Å². The van der Waals surface area contributed by atoms with Gasteiger partial charge < -0.3 is 19.5 Å². The van der Waals surface area contributed by atoms with Crippen LogP contribution in [0.2, 0.25) is 0 Å². The topological polar surface area (TPSA) is 56.8 Å². The van der Waals surface area contributed by atoms with Gasteiger partial charge in [0.1, 0.15) is 0 Å². The SMILES string of the molecule is COc1cc(CNC(=O)C2(c3ccc(Br)cc3)CC2)cc(OC)c1OC. The molecule has 2 aromatic rings. The van der Waals surface area contributed by atoms with Crippen LogP contribution in [0, 0.1) is 0 Å². The summed E-state index contributed by atoms with van der Waals surface area (Å²) in [7, 11) is 4.72. The minimum absolute atomic E-state index is 0.0496. The fourth-order valence-electron chi connectivity index (χ4n) is 3.13. The zero-order valence-electron chi connectivity index (χ0n) is 15.1. The smallest absolute Gasteiger partial charge is 0.230 e. The minimum atomic E-state index is -0.401. The van der Waals surface area contributed by atoms with Gasteiger partial charge >= 0.3 is 0 Å². The van der Waals surface area contributed by atoms with Crippen molar-refractivity contribution in [3.05, 3.63) is 52.0 Å². The van der Waals surface area contributed by atoms with Gasteiger partial charge in [-0.1, -0.05) is 28.1 Å². The van der Waals surface area contributed by atoms with E-state index in [0.717, 1.165) is 28.4 Å². The van der Waals surface area contributed by atoms with E-state index in [1.165, 1.54) is 0 Å². The van der Waals surface area contributed by atoms with Crippen LogP contribution in [0.4, 0.5) is 0 Å². The third-order valence-electron chi connectivity index (χ3n) is 4.76. The van der Waals surface area contributed by atoms with E-state index in [2.05, 4.69) is 21.2 Å². The number of ether oxygens (including phenoxy) is 3. The van der Waals surface area contributed by atoms with Crippen LogP contribution in [0.5, 0.6) is 17.2 Å². The van der Waals surface area contributed by atoms with Gasteiger partial charge in [0.25, 0.3) is 0 Å². The molecule has 0 aromatic heterocycles. The molecule has 0 aliphatic heterocycles. The second kappa shape index (κ2) is 7.58. The van der Waals surface area contributed by atoms with Crippen molar-refractivity contribution in [1.29, 1.82) is 0 Å². The van der Waals surface area contributed by atoms with E-state index in [1.807, 2.05) is 36.4 Å². The summed E-state index contributed by atoms with van der Waals surface area (Å²) in [5, 5.41) is 3.05. The predicted octanol–water partition coefficient (Wildman–Crippen LogP) is 3.82. The van der Waals surface area contributed by atoms with Crippen molar-refractivity contribution in [1.82, 2.24) is 5.32 Å². The van der Waals surface area contributed by atoms with Crippen molar-refractivity contribution >= 4 is 21.8 Å². The first-order valence-electron chi connectivity index (χ1n) is 8.37. The monoisotopic (exact) mass is 419 g/mol. The molecule has 1 saturated carbocycles. The molecule has 1 N–H and O–H groups in total. The minimum Gasteiger partial charge on any atom is -0.493 e. The van der Waals surface area contributed by atoms with Gasteiger partial charge in [0, 0.05) is 11.0 Å². The van der Waals surface area contributed by atoms with Gasteiger partial charge in [-0.25, -0.2) is 0 Å². The summed E-state index contributed by atoms with van der Waals surface area (Å²) >= 11 is 3.44. The highest BCUT2D eigenvalue weighted by Gasteiger charge is 2.51. The predicted molar refractivity (Wildman–Crippen MR) is 103 cm³/mol. The molecule has 0 radical (unpaired) electrons. The van der Waals surface area contributed by atoms with Crippen LogP contribution in [-0.4, -0.2) is 27.2 Å². The highest BCUT2D eigenvalue weighted by Crippen LogP contribution is 2.48. The average molecular weight is 420 g/mol. The lowest BCUT2D eigenvalue weighted by molar-refractivity contribution is -0.123. The van der Waals surface area contributed by atoms with Gasteiger partial charge in [-0.3, -0.25) is 4.79 Å². The van der Waals surface area contributed by atoms with Gasteiger partial charge in [0.05, 0.1) is 26.7 Å². The fraction of sp³-hybridized carbons (Fsp3) is 0.350. The number of carbonyl (C=O) groups excluding carboxylic acids is 1. The molecule has 3 rings (SSSR count). The Labute approximate surface area is 161 Å². The van der Waals surface area contributed by atoms with E-state index in [9.17, 15) is 4.79 Å². The maximum Gasteiger partial charge on any atom is 0.230 e. The molecule has 0 bridgehead atoms. The standard InChI is InChI=1S/C20H22BrNO4/c1-24-16-10-13(11-17(25-2)18(16)26-3)12-22-19(23)20(8-9-20)14-4-6-15(21)7-5-14/h4-7,10-11H,8-9,12H2,1-3H3,(H,22,23). The highest BCUT2D eigenvalue weighted by atomic mass is 79.9. The van der Waals surface area contributed by atoms with Crippen LogP contribution >= 0.6 is 15.9 Å². The summed E-state index contributed by atoms with van der Waals surface area (Å²) in [6.45, 7) is 0.397. The Bertz CT molecular complexity index is 775. The molecule has 138 valence electrons. The first-order chi connectivity index (χ1) is 12.5. The van der Waals surface area contributed by atoms with E-state index in [1.54, 1.807) is 21.3 Å². The summed E-state index contributed by atoms with van der Waals surface area (Å²) in [5.74, 6) is 1.74. The van der Waals surface area contributed by atoms with Gasteiger partial charge in [0.2, 0.25) is 11.7 Å². The number of methoxy groups -OCH3 is 3. The second-order valence-electron chi connectivity index (χ2n) is 6.31. The lowest BCUT2D eigenvalue weighted by atomic mass is 9.95. The first kappa shape index (κ1) is 18.6. The zero-order chi connectivity index (χ0) is 18.7. The molecule has 0 spiro atoms. The van der Waals surface area contributed by atoms with Crippen LogP contribution in [0.1, 0.15) is 24.0 Å². The Hall–Kier alpha value is -2.21. The first-order valence-corrected chi connectivity index (χ1v) is 9.16. The van der Waals surface area contributed by atoms with Crippen molar-refractivity contribution in [2.75, 3.05) is 21.3 Å². The lowest BCUT2D eigenvalue weighted by Crippen LogP contribution is -2.34. The van der Waals surface area contributed by atoms with Crippen LogP contribution in [0.15, 0.2) is 40.9 Å². The van der Waals surface area contributed by atoms with Crippen LogP contribution in [-0.2, 0) is 16.8 Å². The van der Waals surface area contributed by atoms with Crippen LogP contribution in [0.25, 0.3) is 0 Å². The molecule has 0 saturated heterocycles. The van der Waals surface area contributed by atoms with E-state index in [-0.39, 0.29) is 5.91 Å². The maximum atomic E-state index is 12.8. The number of benzene rings is 2. The van der Waals surface area contributed by atoms with Gasteiger partial charge in [-0.05, 0) is 48.2 Å². The number of halogens is 1. The largest absolute Gasteiger partial charge is 0.493 e. The third-order valence-corrected chi connectivity index (χ3v) is 5.29. The number of hydrogen-bond acceptors (Lipinski definition) is 4. The average Bonchev–Trinajstić information content (AvgIpc) is 3.47. The van der Waals surface area contributed by atoms with Crippen LogP contribution < -0.4 is 19.5 Å². The summed E-state index contributed by atoms with van der Waals surface area (Å²) in [4.78, 5) is 12.8. The van der Waals surface area contributed by atoms with Crippen LogP contribution in [0.3, 0.4) is 0 Å². The lowest BCUT2D eigenvalue weighted by Gasteiger charge is -2.17. The molecular formula is C20H22BrNO4. The maximum absolute atomic E-state index is 12.8. The van der Waals surface area contributed by atoms with Crippen molar-refractivity contribution in [2.45, 2.75) is 24.8 Å². The Kier molecular flexibility index (Phi) is 5.41. The molecule has 0 atom stereocenters. The third kappa shape index (κ3) is 3.51. The molecule has 0 heterocycles. The molecule has 26 heavy (non-hydrogen) atoms. The number of rotatable bonds is 7. The summed E-state index contributed by atoms with van der Waals surface area (Å²) < 4.78 is 17.1. The summed E-state index contributed by atoms with van der Waals surface area (Å²) in [5.41, 5.74) is 1.55. The summed E-state index contributed by atoms with van der Waals surface area (Å²) in [6.07, 6.45) is 1.74. The molecule has 6 heteroatoms. The van der Waals surface area contributed by atoms with Crippen molar-refractivity contribution in [2.24, 2.45) is 0 Å². The van der Waals surface area contributed by atoms with Gasteiger partial charge in [-0.15, -0.1) is 0 Å². The molecule has 1 fully saturated rings. The molecule has 2 aromatic carbocycles. The van der Waals surface area contributed by atoms with E-state index in [4.69, 9.17) is 14.2 Å². The van der Waals surface area contributed by atoms with Crippen molar-refractivity contribution in [3.63, 3.8) is 0 Å². The second-order valence-corrected chi connectivity index (χ2v) is 7.22. The number of amides is 1. The summed E-state index contributed by atoms with van der Waals surface area (Å²) in [6, 6.07) is 11.7. The normalized spacial score (nSPS) is 14.5. The van der Waals surface area contributed by atoms with Crippen molar-refractivity contribution < 1.29 is 19.0 Å². The van der Waals surface area contributed by atoms with Crippen molar-refractivity contribution in [3.8, 4) is 17.2 Å². The van der Waals surface area contributed by atoms with E-state index in [0.29, 0.717) is 23.8 Å². The zero-order valence-corrected chi connectivity index (χ0v) is 16.7. The highest BCUT2D eigenvalue weighted by molar-refractivity contribution is 9.10. The Morgan fingerprint density at radius 2 is 1.62 bits per heavy atom. The quantitative estimate of drug-likeness (QED) is 0.740. The molecule has 0 unspecified atom stereocenters. The molecule has 5 nitrogen and oxygen atoms in total. The fourth-order valence-corrected chi connectivity index (χ4v) is 3.39. The van der Waals surface area contributed by atoms with Gasteiger partial charge in [-0.2, -0.15) is 0 Å². The molecule has 1 aliphatic carbocycles. The Morgan fingerprint density at radius 3 is 2.08 bits per heavy atom. The number of hydrogen-bond donors (Lipinski definition) is 1. The Morgan fingerprint density at radius 1 is 1.04 bits per heavy atom. The Balaban J connectivity index is 1.74. The molecule has 1 aliphatic rings. The molecule has 1 amide bonds. The number of nitrogens with one attached hydrogen (secondary N) is 1. The number of carbonyl (C=O) groups is 1.